The fourth-order valence-corrected chi connectivity index (χ4v) is 2.72. The summed E-state index contributed by atoms with van der Waals surface area (Å²) < 4.78 is 9.57. The van der Waals surface area contributed by atoms with Gasteiger partial charge in [0.05, 0.1) is 38.7 Å². The highest BCUT2D eigenvalue weighted by molar-refractivity contribution is 5.52. The van der Waals surface area contributed by atoms with Crippen LogP contribution in [0.15, 0.2) is 46.9 Å². The molecule has 0 spiro atoms. The molecule has 0 amide bonds. The molecule has 0 atom stereocenters. The van der Waals surface area contributed by atoms with E-state index in [0.29, 0.717) is 0 Å². The highest BCUT2D eigenvalue weighted by Crippen LogP contribution is 2.22. The molecule has 0 aliphatic carbocycles. The molecule has 1 aromatic carbocycles. The van der Waals surface area contributed by atoms with Gasteiger partial charge >= 0.3 is 5.95 Å². The lowest BCUT2D eigenvalue weighted by atomic mass is 10.2. The third-order valence-corrected chi connectivity index (χ3v) is 4.10. The van der Waals surface area contributed by atoms with Crippen molar-refractivity contribution in [2.75, 3.05) is 31.2 Å². The maximum Gasteiger partial charge on any atom is 0.421 e. The number of aromatic nitrogens is 2. The number of nitrogens with zero attached hydrogens (tertiary/aromatic N) is 5. The summed E-state index contributed by atoms with van der Waals surface area (Å²) in [4.78, 5) is 2.33. The number of rotatable bonds is 5. The van der Waals surface area contributed by atoms with Crippen LogP contribution in [0.5, 0.6) is 0 Å². The molecule has 6 nitrogen and oxygen atoms in total. The van der Waals surface area contributed by atoms with Gasteiger partial charge in [0.2, 0.25) is 0 Å². The van der Waals surface area contributed by atoms with Crippen molar-refractivity contribution >= 4 is 17.3 Å². The summed E-state index contributed by atoms with van der Waals surface area (Å²) in [5.74, 6) is 0.882. The summed E-state index contributed by atoms with van der Waals surface area (Å²) in [6.07, 6.45) is 4.08. The lowest BCUT2D eigenvalue weighted by molar-refractivity contribution is -0.680. The Labute approximate surface area is 137 Å². The number of benzene rings is 1. The molecule has 1 aromatic heterocycles. The van der Waals surface area contributed by atoms with Crippen LogP contribution < -0.4 is 9.47 Å². The third-order valence-electron chi connectivity index (χ3n) is 4.10. The van der Waals surface area contributed by atoms with Gasteiger partial charge in [-0.25, -0.2) is 9.13 Å². The minimum absolute atomic E-state index is 0.798. The lowest BCUT2D eigenvalue weighted by Gasteiger charge is -2.28. The van der Waals surface area contributed by atoms with Crippen molar-refractivity contribution in [1.29, 1.82) is 0 Å². The first-order valence-corrected chi connectivity index (χ1v) is 8.25. The topological polar surface area (TPSA) is 46.0 Å². The summed E-state index contributed by atoms with van der Waals surface area (Å²) >= 11 is 0. The Morgan fingerprint density at radius 1 is 1.09 bits per heavy atom. The van der Waals surface area contributed by atoms with Gasteiger partial charge in [0, 0.05) is 23.9 Å². The molecule has 122 valence electrons. The minimum atomic E-state index is 0.798. The van der Waals surface area contributed by atoms with Gasteiger partial charge in [-0.3, -0.25) is 0 Å². The first-order chi connectivity index (χ1) is 11.3. The molecule has 1 fully saturated rings. The number of hydrogen-bond donors (Lipinski definition) is 0. The van der Waals surface area contributed by atoms with E-state index >= 15 is 0 Å². The Morgan fingerprint density at radius 3 is 2.48 bits per heavy atom. The highest BCUT2D eigenvalue weighted by atomic mass is 16.5. The Hall–Kier alpha value is -2.21. The monoisotopic (exact) mass is 314 g/mol. The Kier molecular flexibility index (Phi) is 5.02. The Bertz CT molecular complexity index is 635. The summed E-state index contributed by atoms with van der Waals surface area (Å²) in [7, 11) is 0. The van der Waals surface area contributed by atoms with Crippen LogP contribution in [0, 0.1) is 0 Å². The smallest absolute Gasteiger partial charge is 0.378 e. The fourth-order valence-electron chi connectivity index (χ4n) is 2.72. The molecule has 1 aliphatic rings. The number of anilines is 1. The number of ether oxygens (including phenoxy) is 1. The summed E-state index contributed by atoms with van der Waals surface area (Å²) in [6.45, 7) is 9.47. The first kappa shape index (κ1) is 15.7. The van der Waals surface area contributed by atoms with Gasteiger partial charge in [-0.15, -0.1) is 0 Å². The molecule has 0 saturated carbocycles. The molecule has 6 heteroatoms. The number of azo groups is 1. The molecule has 0 radical (unpaired) electrons. The molecule has 2 aromatic rings. The van der Waals surface area contributed by atoms with Crippen LogP contribution in [-0.2, 0) is 17.8 Å². The number of imidazole rings is 1. The number of aryl methyl sites for hydroxylation is 2. The van der Waals surface area contributed by atoms with Crippen molar-refractivity contribution in [3.63, 3.8) is 0 Å². The van der Waals surface area contributed by atoms with E-state index in [2.05, 4.69) is 50.2 Å². The minimum Gasteiger partial charge on any atom is -0.378 e. The van der Waals surface area contributed by atoms with Crippen molar-refractivity contribution in [3.05, 3.63) is 36.7 Å². The van der Waals surface area contributed by atoms with Crippen LogP contribution in [0.25, 0.3) is 0 Å². The van der Waals surface area contributed by atoms with Crippen LogP contribution in [-0.4, -0.2) is 30.9 Å². The van der Waals surface area contributed by atoms with Crippen molar-refractivity contribution in [2.45, 2.75) is 26.9 Å². The first-order valence-electron chi connectivity index (χ1n) is 8.25. The van der Waals surface area contributed by atoms with Crippen LogP contribution in [0.2, 0.25) is 0 Å². The molecule has 0 N–H and O–H groups in total. The Balaban J connectivity index is 1.74. The molecule has 1 aliphatic heterocycles. The fraction of sp³-hybridized carbons (Fsp3) is 0.471. The molecule has 0 unspecified atom stereocenters. The molecular formula is C17H24N5O+. The van der Waals surface area contributed by atoms with E-state index in [1.54, 1.807) is 0 Å². The van der Waals surface area contributed by atoms with E-state index in [1.165, 1.54) is 5.69 Å². The van der Waals surface area contributed by atoms with E-state index < -0.39 is 0 Å². The normalized spacial score (nSPS) is 15.5. The van der Waals surface area contributed by atoms with Crippen LogP contribution >= 0.6 is 0 Å². The molecule has 1 saturated heterocycles. The molecular weight excluding hydrogens is 290 g/mol. The Morgan fingerprint density at radius 2 is 1.83 bits per heavy atom. The maximum atomic E-state index is 5.39. The van der Waals surface area contributed by atoms with Crippen molar-refractivity contribution in [1.82, 2.24) is 4.57 Å². The quantitative estimate of drug-likeness (QED) is 0.629. The molecule has 3 rings (SSSR count). The zero-order valence-electron chi connectivity index (χ0n) is 13.9. The second-order valence-electron chi connectivity index (χ2n) is 5.49. The van der Waals surface area contributed by atoms with Crippen LogP contribution in [0.1, 0.15) is 13.8 Å². The molecule has 2 heterocycles. The largest absolute Gasteiger partial charge is 0.421 e. The second-order valence-corrected chi connectivity index (χ2v) is 5.49. The number of morpholine rings is 1. The molecule has 0 bridgehead atoms. The molecule has 23 heavy (non-hydrogen) atoms. The van der Waals surface area contributed by atoms with Gasteiger partial charge in [-0.2, -0.15) is 0 Å². The van der Waals surface area contributed by atoms with Crippen LogP contribution in [0.3, 0.4) is 0 Å². The van der Waals surface area contributed by atoms with Crippen molar-refractivity contribution in [2.24, 2.45) is 10.2 Å². The predicted octanol–water partition coefficient (Wildman–Crippen LogP) is 3.07. The van der Waals surface area contributed by atoms with Crippen LogP contribution in [0.4, 0.5) is 17.3 Å². The van der Waals surface area contributed by atoms with E-state index in [-0.39, 0.29) is 0 Å². The third kappa shape index (κ3) is 3.59. The van der Waals surface area contributed by atoms with E-state index in [0.717, 1.165) is 51.0 Å². The highest BCUT2D eigenvalue weighted by Gasteiger charge is 2.14. The number of hydrogen-bond acceptors (Lipinski definition) is 4. The van der Waals surface area contributed by atoms with Crippen molar-refractivity contribution in [3.8, 4) is 0 Å². The second kappa shape index (κ2) is 7.37. The van der Waals surface area contributed by atoms with Gasteiger partial charge in [0.15, 0.2) is 0 Å². The average molecular weight is 314 g/mol. The standard InChI is InChI=1S/C17H24N5O/c1-3-20-9-10-21(4-2)17(20)19-18-15-5-7-16(8-6-15)22-11-13-23-14-12-22/h5-10H,3-4,11-14H2,1-2H3/q+1. The van der Waals surface area contributed by atoms with Gasteiger partial charge in [-0.05, 0) is 38.1 Å². The van der Waals surface area contributed by atoms with Gasteiger partial charge in [0.25, 0.3) is 0 Å². The summed E-state index contributed by atoms with van der Waals surface area (Å²) in [5, 5.41) is 8.83. The van der Waals surface area contributed by atoms with E-state index in [9.17, 15) is 0 Å². The predicted molar refractivity (Wildman–Crippen MR) is 89.6 cm³/mol. The average Bonchev–Trinajstić information content (AvgIpc) is 3.03. The zero-order chi connectivity index (χ0) is 16.1. The maximum absolute atomic E-state index is 5.39. The van der Waals surface area contributed by atoms with Crippen molar-refractivity contribution < 1.29 is 9.30 Å². The summed E-state index contributed by atoms with van der Waals surface area (Å²) in [6, 6.07) is 8.24. The van der Waals surface area contributed by atoms with E-state index in [4.69, 9.17) is 4.74 Å². The zero-order valence-corrected chi connectivity index (χ0v) is 13.9. The van der Waals surface area contributed by atoms with Gasteiger partial charge in [0.1, 0.15) is 5.69 Å². The van der Waals surface area contributed by atoms with Gasteiger partial charge in [-0.1, -0.05) is 5.11 Å². The lowest BCUT2D eigenvalue weighted by Crippen LogP contribution is -2.36. The summed E-state index contributed by atoms with van der Waals surface area (Å²) in [5.41, 5.74) is 2.08. The van der Waals surface area contributed by atoms with E-state index in [1.807, 2.05) is 24.5 Å². The SMILES string of the molecule is CCn1cc[n+](CC)c1N=Nc1ccc(N2CCOCC2)cc1. The van der Waals surface area contributed by atoms with Gasteiger partial charge < -0.3 is 9.64 Å².